The summed E-state index contributed by atoms with van der Waals surface area (Å²) in [6.45, 7) is 9.53. The van der Waals surface area contributed by atoms with Gasteiger partial charge in [-0.2, -0.15) is 0 Å². The van der Waals surface area contributed by atoms with Crippen LogP contribution in [-0.2, 0) is 10.0 Å². The van der Waals surface area contributed by atoms with Crippen molar-refractivity contribution in [3.8, 4) is 0 Å². The van der Waals surface area contributed by atoms with Crippen molar-refractivity contribution in [1.29, 1.82) is 0 Å². The number of hydrogen-bond acceptors (Lipinski definition) is 5. The lowest BCUT2D eigenvalue weighted by Crippen LogP contribution is -2.32. The van der Waals surface area contributed by atoms with Gasteiger partial charge in [0.15, 0.2) is 5.76 Å². The maximum absolute atomic E-state index is 12.6. The lowest BCUT2D eigenvalue weighted by Gasteiger charge is -2.32. The van der Waals surface area contributed by atoms with Crippen molar-refractivity contribution in [1.82, 2.24) is 9.88 Å². The zero-order chi connectivity index (χ0) is 18.9. The molecule has 0 radical (unpaired) electrons. The van der Waals surface area contributed by atoms with Gasteiger partial charge in [0.1, 0.15) is 10.6 Å². The average Bonchev–Trinajstić information content (AvgIpc) is 2.95. The third kappa shape index (κ3) is 3.94. The number of rotatable bonds is 5. The lowest BCUT2D eigenvalue weighted by molar-refractivity contribution is 0.390. The molecule has 142 valence electrons. The van der Waals surface area contributed by atoms with Crippen LogP contribution in [0.3, 0.4) is 0 Å². The maximum atomic E-state index is 12.6. The van der Waals surface area contributed by atoms with Gasteiger partial charge < -0.3 is 9.42 Å². The van der Waals surface area contributed by atoms with Crippen molar-refractivity contribution in [2.24, 2.45) is 5.92 Å². The van der Waals surface area contributed by atoms with Crippen LogP contribution in [0, 0.1) is 19.8 Å². The molecule has 1 aromatic carbocycles. The Kier molecular flexibility index (Phi) is 5.39. The van der Waals surface area contributed by atoms with Crippen molar-refractivity contribution in [2.45, 2.75) is 51.5 Å². The standard InChI is InChI=1S/C19H27N3O3S/c1-13-9-11-22(12-10-13)18-7-5-17(6-8-18)14(2)21-26(23,24)19-15(3)20-25-16(19)4/h5-8,13-14,21H,9-12H2,1-4H3/t14-/m0/s1. The third-order valence-electron chi connectivity index (χ3n) is 5.11. The Morgan fingerprint density at radius 2 is 1.81 bits per heavy atom. The molecule has 0 aliphatic carbocycles. The second kappa shape index (κ2) is 7.40. The Morgan fingerprint density at radius 3 is 2.35 bits per heavy atom. The van der Waals surface area contributed by atoms with Gasteiger partial charge in [0.05, 0.1) is 0 Å². The Morgan fingerprint density at radius 1 is 1.19 bits per heavy atom. The van der Waals surface area contributed by atoms with Crippen molar-refractivity contribution >= 4 is 15.7 Å². The molecule has 3 rings (SSSR count). The zero-order valence-corrected chi connectivity index (χ0v) is 16.6. The van der Waals surface area contributed by atoms with E-state index in [9.17, 15) is 8.42 Å². The molecule has 1 atom stereocenters. The molecule has 0 spiro atoms. The van der Waals surface area contributed by atoms with E-state index in [1.807, 2.05) is 19.1 Å². The zero-order valence-electron chi connectivity index (χ0n) is 15.8. The van der Waals surface area contributed by atoms with Crippen LogP contribution in [0.25, 0.3) is 0 Å². The third-order valence-corrected chi connectivity index (χ3v) is 6.89. The molecular formula is C19H27N3O3S. The Balaban J connectivity index is 1.71. The fourth-order valence-corrected chi connectivity index (χ4v) is 5.02. The minimum Gasteiger partial charge on any atom is -0.372 e. The van der Waals surface area contributed by atoms with Gasteiger partial charge in [0.2, 0.25) is 10.0 Å². The summed E-state index contributed by atoms with van der Waals surface area (Å²) in [5.41, 5.74) is 2.49. The van der Waals surface area contributed by atoms with Crippen molar-refractivity contribution < 1.29 is 12.9 Å². The molecule has 0 saturated carbocycles. The van der Waals surface area contributed by atoms with Crippen LogP contribution in [0.1, 0.15) is 49.7 Å². The van der Waals surface area contributed by atoms with Crippen LogP contribution >= 0.6 is 0 Å². The van der Waals surface area contributed by atoms with Gasteiger partial charge in [0, 0.05) is 24.8 Å². The van der Waals surface area contributed by atoms with Crippen LogP contribution in [-0.4, -0.2) is 26.7 Å². The molecule has 26 heavy (non-hydrogen) atoms. The Labute approximate surface area is 155 Å². The van der Waals surface area contributed by atoms with Crippen molar-refractivity contribution in [2.75, 3.05) is 18.0 Å². The van der Waals surface area contributed by atoms with Crippen LogP contribution in [0.2, 0.25) is 0 Å². The molecule has 0 amide bonds. The summed E-state index contributed by atoms with van der Waals surface area (Å²) in [6.07, 6.45) is 2.44. The highest BCUT2D eigenvalue weighted by Gasteiger charge is 2.26. The fraction of sp³-hybridized carbons (Fsp3) is 0.526. The number of piperidine rings is 1. The van der Waals surface area contributed by atoms with Gasteiger partial charge in [-0.3, -0.25) is 0 Å². The SMILES string of the molecule is Cc1noc(C)c1S(=O)(=O)N[C@@H](C)c1ccc(N2CCC(C)CC2)cc1. The van der Waals surface area contributed by atoms with Gasteiger partial charge in [-0.1, -0.05) is 24.2 Å². The first-order valence-corrected chi connectivity index (χ1v) is 10.6. The summed E-state index contributed by atoms with van der Waals surface area (Å²) in [6, 6.07) is 7.80. The molecule has 1 fully saturated rings. The van der Waals surface area contributed by atoms with Crippen molar-refractivity contribution in [3.05, 3.63) is 41.3 Å². The van der Waals surface area contributed by atoms with Crippen LogP contribution in [0.4, 0.5) is 5.69 Å². The molecule has 1 aliphatic rings. The van der Waals surface area contributed by atoms with E-state index in [-0.39, 0.29) is 10.9 Å². The number of nitrogens with zero attached hydrogens (tertiary/aromatic N) is 2. The molecule has 1 saturated heterocycles. The van der Waals surface area contributed by atoms with Gasteiger partial charge in [-0.25, -0.2) is 13.1 Å². The van der Waals surface area contributed by atoms with Gasteiger partial charge in [-0.15, -0.1) is 0 Å². The quantitative estimate of drug-likeness (QED) is 0.862. The van der Waals surface area contributed by atoms with E-state index in [1.54, 1.807) is 13.8 Å². The molecule has 1 aliphatic heterocycles. The molecule has 0 unspecified atom stereocenters. The highest BCUT2D eigenvalue weighted by Crippen LogP contribution is 2.26. The van der Waals surface area contributed by atoms with E-state index < -0.39 is 10.0 Å². The van der Waals surface area contributed by atoms with E-state index >= 15 is 0 Å². The average molecular weight is 378 g/mol. The minimum absolute atomic E-state index is 0.128. The number of benzene rings is 1. The molecule has 6 nitrogen and oxygen atoms in total. The highest BCUT2D eigenvalue weighted by atomic mass is 32.2. The summed E-state index contributed by atoms with van der Waals surface area (Å²) in [5.74, 6) is 1.10. The van der Waals surface area contributed by atoms with Crippen LogP contribution in [0.15, 0.2) is 33.7 Å². The van der Waals surface area contributed by atoms with E-state index in [1.165, 1.54) is 18.5 Å². The van der Waals surface area contributed by atoms with Gasteiger partial charge in [-0.05, 0) is 57.2 Å². The van der Waals surface area contributed by atoms with E-state index in [0.717, 1.165) is 24.6 Å². The normalized spacial score (nSPS) is 17.5. The second-order valence-electron chi connectivity index (χ2n) is 7.26. The number of sulfonamides is 1. The van der Waals surface area contributed by atoms with Crippen LogP contribution < -0.4 is 9.62 Å². The first-order valence-electron chi connectivity index (χ1n) is 9.08. The monoisotopic (exact) mass is 377 g/mol. The molecule has 7 heteroatoms. The van der Waals surface area contributed by atoms with E-state index in [0.29, 0.717) is 11.5 Å². The summed E-state index contributed by atoms with van der Waals surface area (Å²) in [7, 11) is -3.68. The predicted molar refractivity (Wildman–Crippen MR) is 102 cm³/mol. The number of anilines is 1. The van der Waals surface area contributed by atoms with Crippen molar-refractivity contribution in [3.63, 3.8) is 0 Å². The Bertz CT molecular complexity index is 831. The van der Waals surface area contributed by atoms with E-state index in [4.69, 9.17) is 4.52 Å². The molecule has 2 heterocycles. The first-order chi connectivity index (χ1) is 12.3. The highest BCUT2D eigenvalue weighted by molar-refractivity contribution is 7.89. The summed E-state index contributed by atoms with van der Waals surface area (Å²) < 4.78 is 33.0. The summed E-state index contributed by atoms with van der Waals surface area (Å²) >= 11 is 0. The lowest BCUT2D eigenvalue weighted by atomic mass is 9.98. The van der Waals surface area contributed by atoms with E-state index in [2.05, 4.69) is 33.8 Å². The molecule has 1 aromatic heterocycles. The first kappa shape index (κ1) is 18.9. The number of aryl methyl sites for hydroxylation is 2. The maximum Gasteiger partial charge on any atom is 0.246 e. The molecular weight excluding hydrogens is 350 g/mol. The molecule has 1 N–H and O–H groups in total. The smallest absolute Gasteiger partial charge is 0.246 e. The summed E-state index contributed by atoms with van der Waals surface area (Å²) in [4.78, 5) is 2.52. The van der Waals surface area contributed by atoms with Gasteiger partial charge in [0.25, 0.3) is 0 Å². The van der Waals surface area contributed by atoms with Crippen LogP contribution in [0.5, 0.6) is 0 Å². The van der Waals surface area contributed by atoms with Gasteiger partial charge >= 0.3 is 0 Å². The minimum atomic E-state index is -3.68. The fourth-order valence-electron chi connectivity index (χ4n) is 3.46. The number of hydrogen-bond donors (Lipinski definition) is 1. The molecule has 0 bridgehead atoms. The molecule has 2 aromatic rings. The number of aromatic nitrogens is 1. The summed E-state index contributed by atoms with van der Waals surface area (Å²) in [5, 5.41) is 3.73. The largest absolute Gasteiger partial charge is 0.372 e. The Hall–Kier alpha value is -1.86. The number of nitrogens with one attached hydrogen (secondary N) is 1. The second-order valence-corrected chi connectivity index (χ2v) is 8.91. The predicted octanol–water partition coefficient (Wildman–Crippen LogP) is 3.57. The topological polar surface area (TPSA) is 75.4 Å².